The second-order valence-electron chi connectivity index (χ2n) is 6.56. The van der Waals surface area contributed by atoms with Crippen LogP contribution < -0.4 is 16.4 Å². The minimum atomic E-state index is -0.643. The average Bonchev–Trinajstić information content (AvgIpc) is 3.23. The summed E-state index contributed by atoms with van der Waals surface area (Å²) in [5, 5.41) is 7.54. The molecule has 0 aliphatic rings. The number of rotatable bonds is 7. The number of primary amides is 1. The molecular weight excluding hydrogens is 370 g/mol. The lowest BCUT2D eigenvalue weighted by molar-refractivity contribution is -0.122. The summed E-state index contributed by atoms with van der Waals surface area (Å²) in [6.07, 6.45) is 0.135. The van der Waals surface area contributed by atoms with Crippen molar-refractivity contribution in [3.8, 4) is 11.1 Å². The van der Waals surface area contributed by atoms with E-state index in [9.17, 15) is 9.59 Å². The fourth-order valence-corrected chi connectivity index (χ4v) is 3.83. The third-order valence-electron chi connectivity index (χ3n) is 4.49. The van der Waals surface area contributed by atoms with Crippen molar-refractivity contribution in [3.63, 3.8) is 0 Å². The van der Waals surface area contributed by atoms with E-state index < -0.39 is 12.1 Å². The van der Waals surface area contributed by atoms with E-state index in [1.165, 1.54) is 11.3 Å². The Hall–Kier alpha value is -3.12. The molecular formula is C22H23N3O2S. The molecule has 1 heterocycles. The highest BCUT2D eigenvalue weighted by Crippen LogP contribution is 2.24. The highest BCUT2D eigenvalue weighted by Gasteiger charge is 2.19. The van der Waals surface area contributed by atoms with Crippen LogP contribution in [0.25, 0.3) is 11.1 Å². The van der Waals surface area contributed by atoms with Crippen molar-refractivity contribution in [2.24, 2.45) is 5.73 Å². The Morgan fingerprint density at radius 2 is 1.61 bits per heavy atom. The first-order chi connectivity index (χ1) is 13.5. The topological polar surface area (TPSA) is 84.2 Å². The van der Waals surface area contributed by atoms with E-state index in [1.54, 1.807) is 0 Å². The predicted molar refractivity (Wildman–Crippen MR) is 113 cm³/mol. The maximum Gasteiger partial charge on any atom is 0.312 e. The zero-order valence-electron chi connectivity index (χ0n) is 15.6. The van der Waals surface area contributed by atoms with Gasteiger partial charge in [0.15, 0.2) is 0 Å². The molecule has 3 rings (SSSR count). The first kappa shape index (κ1) is 19.6. The van der Waals surface area contributed by atoms with Gasteiger partial charge in [0.25, 0.3) is 0 Å². The number of nitrogens with two attached hydrogens (primary N) is 1. The van der Waals surface area contributed by atoms with Crippen LogP contribution in [0.2, 0.25) is 0 Å². The number of hydrogen-bond donors (Lipinski definition) is 3. The van der Waals surface area contributed by atoms with Gasteiger partial charge in [-0.25, -0.2) is 4.79 Å². The summed E-state index contributed by atoms with van der Waals surface area (Å²) >= 11 is 1.48. The monoisotopic (exact) mass is 393 g/mol. The second kappa shape index (κ2) is 9.19. The predicted octanol–water partition coefficient (Wildman–Crippen LogP) is 4.39. The van der Waals surface area contributed by atoms with Crippen LogP contribution in [-0.4, -0.2) is 11.9 Å². The maximum atomic E-state index is 12.5. The van der Waals surface area contributed by atoms with Gasteiger partial charge in [0.1, 0.15) is 0 Å². The smallest absolute Gasteiger partial charge is 0.312 e. The standard InChI is InChI=1S/C22H23N3O2S/c1-15(16-9-11-18(12-10-16)17-6-3-2-4-7-17)24-21(26)14-19(25-22(23)27)20-8-5-13-28-20/h2-13,15,19H,14H2,1H3,(H,24,26)(H3,23,25,27). The molecule has 1 aromatic heterocycles. The van der Waals surface area contributed by atoms with Gasteiger partial charge in [0.05, 0.1) is 18.5 Å². The lowest BCUT2D eigenvalue weighted by Gasteiger charge is -2.19. The number of hydrogen-bond acceptors (Lipinski definition) is 3. The molecule has 2 unspecified atom stereocenters. The molecule has 6 heteroatoms. The number of carbonyl (C=O) groups is 2. The summed E-state index contributed by atoms with van der Waals surface area (Å²) in [5.41, 5.74) is 8.56. The molecule has 3 aromatic rings. The number of benzene rings is 2. The Bertz CT molecular complexity index is 909. The fourth-order valence-electron chi connectivity index (χ4n) is 3.05. The molecule has 0 saturated heterocycles. The third-order valence-corrected chi connectivity index (χ3v) is 5.47. The molecule has 5 nitrogen and oxygen atoms in total. The van der Waals surface area contributed by atoms with Gasteiger partial charge >= 0.3 is 6.03 Å². The van der Waals surface area contributed by atoms with Gasteiger partial charge in [-0.2, -0.15) is 0 Å². The summed E-state index contributed by atoms with van der Waals surface area (Å²) in [7, 11) is 0. The van der Waals surface area contributed by atoms with E-state index in [1.807, 2.05) is 54.8 Å². The number of amides is 3. The van der Waals surface area contributed by atoms with Gasteiger partial charge in [-0.3, -0.25) is 4.79 Å². The molecule has 2 atom stereocenters. The normalized spacial score (nSPS) is 12.8. The second-order valence-corrected chi connectivity index (χ2v) is 7.54. The minimum absolute atomic E-state index is 0.135. The van der Waals surface area contributed by atoms with Crippen molar-refractivity contribution in [1.82, 2.24) is 10.6 Å². The molecule has 0 fully saturated rings. The Balaban J connectivity index is 1.62. The van der Waals surface area contributed by atoms with Crippen LogP contribution in [0.3, 0.4) is 0 Å². The lowest BCUT2D eigenvalue weighted by atomic mass is 10.0. The molecule has 3 amide bonds. The Morgan fingerprint density at radius 3 is 2.21 bits per heavy atom. The largest absolute Gasteiger partial charge is 0.352 e. The van der Waals surface area contributed by atoms with Crippen LogP contribution in [0.15, 0.2) is 72.1 Å². The number of carbonyl (C=O) groups excluding carboxylic acids is 2. The fraction of sp³-hybridized carbons (Fsp3) is 0.182. The van der Waals surface area contributed by atoms with Gasteiger partial charge in [-0.05, 0) is 35.1 Å². The first-order valence-corrected chi connectivity index (χ1v) is 9.95. The molecule has 0 saturated carbocycles. The Morgan fingerprint density at radius 1 is 0.929 bits per heavy atom. The quantitative estimate of drug-likeness (QED) is 0.556. The molecule has 4 N–H and O–H groups in total. The van der Waals surface area contributed by atoms with Crippen LogP contribution >= 0.6 is 11.3 Å². The summed E-state index contributed by atoms with van der Waals surface area (Å²) in [6.45, 7) is 1.94. The number of urea groups is 1. The van der Waals surface area contributed by atoms with Gasteiger partial charge in [0.2, 0.25) is 5.91 Å². The van der Waals surface area contributed by atoms with Crippen LogP contribution in [0, 0.1) is 0 Å². The molecule has 0 radical (unpaired) electrons. The molecule has 2 aromatic carbocycles. The van der Waals surface area contributed by atoms with Crippen molar-refractivity contribution in [2.45, 2.75) is 25.4 Å². The molecule has 144 valence electrons. The van der Waals surface area contributed by atoms with Gasteiger partial charge in [-0.15, -0.1) is 11.3 Å². The van der Waals surface area contributed by atoms with E-state index in [-0.39, 0.29) is 18.4 Å². The van der Waals surface area contributed by atoms with Gasteiger partial charge in [0, 0.05) is 4.88 Å². The van der Waals surface area contributed by atoms with Crippen molar-refractivity contribution >= 4 is 23.3 Å². The van der Waals surface area contributed by atoms with E-state index in [4.69, 9.17) is 5.73 Å². The van der Waals surface area contributed by atoms with E-state index in [0.29, 0.717) is 0 Å². The van der Waals surface area contributed by atoms with Crippen LogP contribution in [-0.2, 0) is 4.79 Å². The molecule has 28 heavy (non-hydrogen) atoms. The summed E-state index contributed by atoms with van der Waals surface area (Å²) < 4.78 is 0. The van der Waals surface area contributed by atoms with Crippen LogP contribution in [0.5, 0.6) is 0 Å². The molecule has 0 spiro atoms. The molecule has 0 aliphatic heterocycles. The van der Waals surface area contributed by atoms with Crippen molar-refractivity contribution < 1.29 is 9.59 Å². The Labute approximate surface area is 168 Å². The average molecular weight is 394 g/mol. The summed E-state index contributed by atoms with van der Waals surface area (Å²) in [5.74, 6) is -0.146. The van der Waals surface area contributed by atoms with Gasteiger partial charge in [-0.1, -0.05) is 60.7 Å². The minimum Gasteiger partial charge on any atom is -0.352 e. The Kier molecular flexibility index (Phi) is 6.45. The maximum absolute atomic E-state index is 12.5. The van der Waals surface area contributed by atoms with Crippen molar-refractivity contribution in [2.75, 3.05) is 0 Å². The molecule has 0 bridgehead atoms. The summed E-state index contributed by atoms with van der Waals surface area (Å²) in [4.78, 5) is 24.7. The number of nitrogens with one attached hydrogen (secondary N) is 2. The molecule has 0 aliphatic carbocycles. The highest BCUT2D eigenvalue weighted by atomic mass is 32.1. The van der Waals surface area contributed by atoms with E-state index in [0.717, 1.165) is 21.6 Å². The van der Waals surface area contributed by atoms with E-state index >= 15 is 0 Å². The first-order valence-electron chi connectivity index (χ1n) is 9.07. The lowest BCUT2D eigenvalue weighted by Crippen LogP contribution is -2.36. The van der Waals surface area contributed by atoms with E-state index in [2.05, 4.69) is 34.9 Å². The number of thiophene rings is 1. The van der Waals surface area contributed by atoms with Crippen molar-refractivity contribution in [3.05, 3.63) is 82.6 Å². The van der Waals surface area contributed by atoms with Crippen LogP contribution in [0.1, 0.15) is 35.9 Å². The third kappa shape index (κ3) is 5.20. The summed E-state index contributed by atoms with van der Waals surface area (Å²) in [6, 6.07) is 20.8. The highest BCUT2D eigenvalue weighted by molar-refractivity contribution is 7.10. The van der Waals surface area contributed by atoms with Crippen LogP contribution in [0.4, 0.5) is 4.79 Å². The van der Waals surface area contributed by atoms with Crippen molar-refractivity contribution in [1.29, 1.82) is 0 Å². The zero-order chi connectivity index (χ0) is 19.9. The zero-order valence-corrected chi connectivity index (χ0v) is 16.4. The SMILES string of the molecule is CC(NC(=O)CC(NC(N)=O)c1cccs1)c1ccc(-c2ccccc2)cc1. The van der Waals surface area contributed by atoms with Gasteiger partial charge < -0.3 is 16.4 Å².